The van der Waals surface area contributed by atoms with Crippen molar-refractivity contribution in [1.29, 1.82) is 0 Å². The maximum Gasteiger partial charge on any atom is 0.226 e. The largest absolute Gasteiger partial charge is 0.352 e. The lowest BCUT2D eigenvalue weighted by molar-refractivity contribution is -0.116. The van der Waals surface area contributed by atoms with Gasteiger partial charge in [0.1, 0.15) is 5.82 Å². The van der Waals surface area contributed by atoms with Crippen molar-refractivity contribution in [1.82, 2.24) is 19.8 Å². The predicted octanol–water partition coefficient (Wildman–Crippen LogP) is 6.50. The third kappa shape index (κ3) is 5.23. The number of anilines is 1. The molecule has 3 heterocycles. The average molecular weight is 556 g/mol. The molecule has 1 aliphatic rings. The van der Waals surface area contributed by atoms with Crippen molar-refractivity contribution in [3.8, 4) is 5.69 Å². The van der Waals surface area contributed by atoms with E-state index >= 15 is 0 Å². The van der Waals surface area contributed by atoms with Crippen LogP contribution < -0.4 is 10.6 Å². The second-order valence-electron chi connectivity index (χ2n) is 10.2. The highest BCUT2D eigenvalue weighted by molar-refractivity contribution is 7.80. The van der Waals surface area contributed by atoms with E-state index in [0.717, 1.165) is 29.1 Å². The number of hydrogen-bond acceptors (Lipinski definition) is 3. The van der Waals surface area contributed by atoms with E-state index < -0.39 is 5.82 Å². The normalized spacial score (nSPS) is 16.7. The molecule has 2 N–H and O–H groups in total. The molecule has 0 aliphatic carbocycles. The van der Waals surface area contributed by atoms with E-state index in [9.17, 15) is 9.18 Å². The van der Waals surface area contributed by atoms with Crippen molar-refractivity contribution < 1.29 is 9.18 Å². The SMILES string of the molecule is CCc1cccc(C)c1-n1c(C)cc(C2C(c3ccccn3)NC(=S)N2CCC(=O)Nc2ccccc2F)c1C. The van der Waals surface area contributed by atoms with Crippen LogP contribution in [0.4, 0.5) is 10.1 Å². The number of carbonyl (C=O) groups excluding carboxylic acids is 1. The van der Waals surface area contributed by atoms with Crippen molar-refractivity contribution in [3.63, 3.8) is 0 Å². The van der Waals surface area contributed by atoms with Gasteiger partial charge in [0.05, 0.1) is 29.2 Å². The molecule has 1 fully saturated rings. The van der Waals surface area contributed by atoms with Gasteiger partial charge >= 0.3 is 0 Å². The maximum atomic E-state index is 14.1. The minimum Gasteiger partial charge on any atom is -0.352 e. The lowest BCUT2D eigenvalue weighted by Crippen LogP contribution is -2.33. The van der Waals surface area contributed by atoms with Crippen LogP contribution in [0.25, 0.3) is 5.69 Å². The van der Waals surface area contributed by atoms with Gasteiger partial charge in [0, 0.05) is 30.6 Å². The first kappa shape index (κ1) is 27.5. The van der Waals surface area contributed by atoms with Crippen LogP contribution >= 0.6 is 12.2 Å². The molecule has 2 aromatic heterocycles. The lowest BCUT2D eigenvalue weighted by atomic mass is 9.96. The standard InChI is InChI=1S/C32H34FN5OS/c1-5-23-12-10-11-20(2)30(23)38-21(3)19-24(22(38)4)31-29(27-15-8-9-17-34-27)36-32(40)37(31)18-16-28(39)35-26-14-7-6-13-25(26)33/h6-15,17,19,29,31H,5,16,18H2,1-4H3,(H,35,39)(H,36,40). The molecular formula is C32H34FN5OS. The van der Waals surface area contributed by atoms with Crippen LogP contribution in [0.2, 0.25) is 0 Å². The third-order valence-corrected chi connectivity index (χ3v) is 7.99. The summed E-state index contributed by atoms with van der Waals surface area (Å²) in [7, 11) is 0. The van der Waals surface area contributed by atoms with E-state index in [0.29, 0.717) is 11.7 Å². The number of para-hydroxylation sites is 2. The molecular weight excluding hydrogens is 521 g/mol. The molecule has 0 saturated carbocycles. The van der Waals surface area contributed by atoms with E-state index in [1.54, 1.807) is 24.4 Å². The number of amides is 1. The Balaban J connectivity index is 1.51. The van der Waals surface area contributed by atoms with Crippen molar-refractivity contribution in [2.24, 2.45) is 0 Å². The first-order valence-electron chi connectivity index (χ1n) is 13.6. The predicted molar refractivity (Wildman–Crippen MR) is 161 cm³/mol. The number of aromatic nitrogens is 2. The van der Waals surface area contributed by atoms with Gasteiger partial charge in [0.15, 0.2) is 5.11 Å². The molecule has 6 nitrogen and oxygen atoms in total. The minimum atomic E-state index is -0.461. The Labute approximate surface area is 240 Å². The summed E-state index contributed by atoms with van der Waals surface area (Å²) in [5.41, 5.74) is 8.15. The maximum absolute atomic E-state index is 14.1. The van der Waals surface area contributed by atoms with Gasteiger partial charge in [-0.1, -0.05) is 43.3 Å². The number of aryl methyl sites for hydroxylation is 3. The van der Waals surface area contributed by atoms with Gasteiger partial charge in [-0.15, -0.1) is 0 Å². The Morgan fingerprint density at radius 3 is 2.58 bits per heavy atom. The number of rotatable bonds is 8. The zero-order valence-electron chi connectivity index (χ0n) is 23.2. The van der Waals surface area contributed by atoms with E-state index in [1.807, 2.05) is 18.2 Å². The smallest absolute Gasteiger partial charge is 0.226 e. The van der Waals surface area contributed by atoms with Gasteiger partial charge in [-0.25, -0.2) is 4.39 Å². The summed E-state index contributed by atoms with van der Waals surface area (Å²) >= 11 is 5.82. The number of nitrogens with one attached hydrogen (secondary N) is 2. The molecule has 0 bridgehead atoms. The second-order valence-corrected chi connectivity index (χ2v) is 10.6. The monoisotopic (exact) mass is 555 g/mol. The number of halogens is 1. The summed E-state index contributed by atoms with van der Waals surface area (Å²) in [5, 5.41) is 6.73. The topological polar surface area (TPSA) is 62.2 Å². The fourth-order valence-corrected chi connectivity index (χ4v) is 6.07. The van der Waals surface area contributed by atoms with Crippen molar-refractivity contribution in [2.45, 2.75) is 52.6 Å². The van der Waals surface area contributed by atoms with Crippen LogP contribution in [-0.2, 0) is 11.2 Å². The molecule has 0 radical (unpaired) electrons. The molecule has 4 aromatic rings. The van der Waals surface area contributed by atoms with E-state index in [2.05, 4.69) is 77.0 Å². The number of hydrogen-bond donors (Lipinski definition) is 2. The highest BCUT2D eigenvalue weighted by Crippen LogP contribution is 2.42. The first-order valence-corrected chi connectivity index (χ1v) is 14.0. The second kappa shape index (κ2) is 11.6. The van der Waals surface area contributed by atoms with Crippen LogP contribution in [0, 0.1) is 26.6 Å². The van der Waals surface area contributed by atoms with Crippen LogP contribution in [-0.4, -0.2) is 32.0 Å². The molecule has 8 heteroatoms. The molecule has 1 saturated heterocycles. The number of carbonyl (C=O) groups is 1. The lowest BCUT2D eigenvalue weighted by Gasteiger charge is -2.28. The molecule has 40 heavy (non-hydrogen) atoms. The molecule has 2 unspecified atom stereocenters. The van der Waals surface area contributed by atoms with Crippen molar-refractivity contribution in [2.75, 3.05) is 11.9 Å². The third-order valence-electron chi connectivity index (χ3n) is 7.64. The van der Waals surface area contributed by atoms with Crippen LogP contribution in [0.1, 0.15) is 59.2 Å². The van der Waals surface area contributed by atoms with Gasteiger partial charge in [-0.05, 0) is 86.4 Å². The van der Waals surface area contributed by atoms with Gasteiger partial charge in [0.25, 0.3) is 0 Å². The summed E-state index contributed by atoms with van der Waals surface area (Å²) in [4.78, 5) is 19.6. The molecule has 1 aliphatic heterocycles. The van der Waals surface area contributed by atoms with Crippen molar-refractivity contribution >= 4 is 28.9 Å². The molecule has 206 valence electrons. The number of nitrogens with zero attached hydrogens (tertiary/aromatic N) is 3. The molecule has 2 atom stereocenters. The molecule has 1 amide bonds. The fourth-order valence-electron chi connectivity index (χ4n) is 5.74. The minimum absolute atomic E-state index is 0.151. The summed E-state index contributed by atoms with van der Waals surface area (Å²) < 4.78 is 16.5. The van der Waals surface area contributed by atoms with E-state index in [1.165, 1.54) is 22.9 Å². The highest BCUT2D eigenvalue weighted by Gasteiger charge is 2.41. The Hall–Kier alpha value is -4.04. The summed E-state index contributed by atoms with van der Waals surface area (Å²) in [6.07, 6.45) is 2.86. The van der Waals surface area contributed by atoms with Crippen LogP contribution in [0.15, 0.2) is 72.9 Å². The Bertz CT molecular complexity index is 1550. The number of thiocarbonyl (C=S) groups is 1. The van der Waals surface area contributed by atoms with Crippen LogP contribution in [0.3, 0.4) is 0 Å². The summed E-state index contributed by atoms with van der Waals surface area (Å²) in [6.45, 7) is 8.97. The zero-order valence-corrected chi connectivity index (χ0v) is 24.1. The Morgan fingerprint density at radius 1 is 1.07 bits per heavy atom. The van der Waals surface area contributed by atoms with Gasteiger partial charge < -0.3 is 20.1 Å². The quantitative estimate of drug-likeness (QED) is 0.243. The van der Waals surface area contributed by atoms with E-state index in [-0.39, 0.29) is 30.1 Å². The average Bonchev–Trinajstić information content (AvgIpc) is 3.43. The highest BCUT2D eigenvalue weighted by atomic mass is 32.1. The van der Waals surface area contributed by atoms with Crippen molar-refractivity contribution in [3.05, 3.63) is 113 Å². The number of benzene rings is 2. The first-order chi connectivity index (χ1) is 19.3. The summed E-state index contributed by atoms with van der Waals surface area (Å²) in [5.74, 6) is -0.733. The number of pyridine rings is 1. The molecule has 5 rings (SSSR count). The van der Waals surface area contributed by atoms with Crippen LogP contribution in [0.5, 0.6) is 0 Å². The summed E-state index contributed by atoms with van der Waals surface area (Å²) in [6, 6.07) is 20.3. The van der Waals surface area contributed by atoms with Gasteiger partial charge in [0.2, 0.25) is 5.91 Å². The Kier molecular flexibility index (Phi) is 7.98. The fraction of sp³-hybridized carbons (Fsp3) is 0.281. The van der Waals surface area contributed by atoms with E-state index in [4.69, 9.17) is 12.2 Å². The Morgan fingerprint density at radius 2 is 1.85 bits per heavy atom. The zero-order chi connectivity index (χ0) is 28.4. The molecule has 2 aromatic carbocycles. The molecule has 0 spiro atoms. The van der Waals surface area contributed by atoms with Gasteiger partial charge in [-0.3, -0.25) is 9.78 Å². The van der Waals surface area contributed by atoms with Gasteiger partial charge in [-0.2, -0.15) is 0 Å².